The van der Waals surface area contributed by atoms with Crippen molar-refractivity contribution in [2.45, 2.75) is 6.92 Å². The fourth-order valence-electron chi connectivity index (χ4n) is 0.861. The fraction of sp³-hybridized carbons (Fsp3) is 0.125. The monoisotopic (exact) mass is 213 g/mol. The van der Waals surface area contributed by atoms with Gasteiger partial charge in [-0.3, -0.25) is 4.98 Å². The number of pyridine rings is 1. The number of halogens is 1. The summed E-state index contributed by atoms with van der Waals surface area (Å²) in [4.78, 5) is 14.0. The van der Waals surface area contributed by atoms with E-state index in [0.29, 0.717) is 16.3 Å². The number of nitrogens with one attached hydrogen (secondary N) is 1. The zero-order chi connectivity index (χ0) is 10.6. The van der Waals surface area contributed by atoms with Crippen molar-refractivity contribution in [2.75, 3.05) is 0 Å². The highest BCUT2D eigenvalue weighted by molar-refractivity contribution is 6.34. The third kappa shape index (κ3) is 2.70. The SMILES string of the molecule is C/C(=N/NC(=O)O)c1ccncc1Cl. The van der Waals surface area contributed by atoms with Crippen LogP contribution in [0.3, 0.4) is 0 Å². The van der Waals surface area contributed by atoms with E-state index in [1.165, 1.54) is 6.20 Å². The number of hydrogen-bond donors (Lipinski definition) is 2. The van der Waals surface area contributed by atoms with Crippen molar-refractivity contribution in [3.05, 3.63) is 29.0 Å². The van der Waals surface area contributed by atoms with Crippen molar-refractivity contribution >= 4 is 23.4 Å². The maximum absolute atomic E-state index is 10.2. The summed E-state index contributed by atoms with van der Waals surface area (Å²) < 4.78 is 0. The number of carbonyl (C=O) groups is 1. The summed E-state index contributed by atoms with van der Waals surface area (Å²) in [5, 5.41) is 12.4. The minimum atomic E-state index is -1.21. The van der Waals surface area contributed by atoms with Crippen LogP contribution in [0.2, 0.25) is 5.02 Å². The van der Waals surface area contributed by atoms with E-state index in [1.54, 1.807) is 19.2 Å². The van der Waals surface area contributed by atoms with Crippen LogP contribution in [0.1, 0.15) is 12.5 Å². The molecular weight excluding hydrogens is 206 g/mol. The second kappa shape index (κ2) is 4.57. The smallest absolute Gasteiger partial charge is 0.425 e. The van der Waals surface area contributed by atoms with Crippen LogP contribution in [0.25, 0.3) is 0 Å². The van der Waals surface area contributed by atoms with Crippen LogP contribution in [-0.4, -0.2) is 21.9 Å². The molecule has 6 heteroatoms. The Morgan fingerprint density at radius 1 is 1.71 bits per heavy atom. The Labute approximate surface area is 85.4 Å². The van der Waals surface area contributed by atoms with Crippen molar-refractivity contribution in [1.29, 1.82) is 0 Å². The summed E-state index contributed by atoms with van der Waals surface area (Å²) in [5.74, 6) is 0. The van der Waals surface area contributed by atoms with Crippen molar-refractivity contribution in [1.82, 2.24) is 10.4 Å². The fourth-order valence-corrected chi connectivity index (χ4v) is 1.12. The Bertz CT molecular complexity index is 379. The molecule has 5 nitrogen and oxygen atoms in total. The van der Waals surface area contributed by atoms with Gasteiger partial charge < -0.3 is 5.11 Å². The molecular formula is C8H8ClN3O2. The molecule has 0 saturated carbocycles. The molecule has 1 aromatic heterocycles. The zero-order valence-electron chi connectivity index (χ0n) is 7.36. The predicted molar refractivity (Wildman–Crippen MR) is 52.6 cm³/mol. The normalized spacial score (nSPS) is 11.1. The van der Waals surface area contributed by atoms with Gasteiger partial charge in [-0.05, 0) is 13.0 Å². The first-order chi connectivity index (χ1) is 6.61. The number of rotatable bonds is 2. The minimum absolute atomic E-state index is 0.431. The Balaban J connectivity index is 2.89. The lowest BCUT2D eigenvalue weighted by molar-refractivity contribution is 0.195. The van der Waals surface area contributed by atoms with Crippen molar-refractivity contribution in [3.63, 3.8) is 0 Å². The Kier molecular flexibility index (Phi) is 3.41. The summed E-state index contributed by atoms with van der Waals surface area (Å²) in [5.41, 5.74) is 3.03. The minimum Gasteiger partial charge on any atom is -0.464 e. The Hall–Kier alpha value is -1.62. The van der Waals surface area contributed by atoms with E-state index in [0.717, 1.165) is 0 Å². The number of nitrogens with zero attached hydrogens (tertiary/aromatic N) is 2. The van der Waals surface area contributed by atoms with Crippen LogP contribution in [0.5, 0.6) is 0 Å². The van der Waals surface area contributed by atoms with Crippen LogP contribution in [-0.2, 0) is 0 Å². The van der Waals surface area contributed by atoms with Gasteiger partial charge in [0.15, 0.2) is 0 Å². The van der Waals surface area contributed by atoms with Crippen LogP contribution < -0.4 is 5.43 Å². The van der Waals surface area contributed by atoms with Crippen LogP contribution in [0.4, 0.5) is 4.79 Å². The van der Waals surface area contributed by atoms with Gasteiger partial charge in [0.05, 0.1) is 10.7 Å². The van der Waals surface area contributed by atoms with Crippen molar-refractivity contribution in [2.24, 2.45) is 5.10 Å². The lowest BCUT2D eigenvalue weighted by Crippen LogP contribution is -2.16. The van der Waals surface area contributed by atoms with Gasteiger partial charge >= 0.3 is 6.09 Å². The summed E-state index contributed by atoms with van der Waals surface area (Å²) in [7, 11) is 0. The second-order valence-electron chi connectivity index (χ2n) is 2.47. The molecule has 0 bridgehead atoms. The van der Waals surface area contributed by atoms with Gasteiger partial charge in [-0.1, -0.05) is 11.6 Å². The van der Waals surface area contributed by atoms with Gasteiger partial charge in [0, 0.05) is 18.0 Å². The first-order valence-corrected chi connectivity index (χ1v) is 4.12. The van der Waals surface area contributed by atoms with Gasteiger partial charge in [-0.15, -0.1) is 0 Å². The summed E-state index contributed by atoms with van der Waals surface area (Å²) in [6, 6.07) is 1.66. The average Bonchev–Trinajstić information content (AvgIpc) is 2.15. The maximum atomic E-state index is 10.2. The lowest BCUT2D eigenvalue weighted by Gasteiger charge is -2.01. The molecule has 74 valence electrons. The third-order valence-electron chi connectivity index (χ3n) is 1.48. The molecule has 0 aliphatic carbocycles. The number of carboxylic acid groups (broad SMARTS) is 1. The third-order valence-corrected chi connectivity index (χ3v) is 1.78. The highest BCUT2D eigenvalue weighted by atomic mass is 35.5. The second-order valence-corrected chi connectivity index (χ2v) is 2.88. The van der Waals surface area contributed by atoms with Crippen LogP contribution in [0.15, 0.2) is 23.6 Å². The van der Waals surface area contributed by atoms with E-state index in [4.69, 9.17) is 16.7 Å². The number of hydrazone groups is 1. The molecule has 0 spiro atoms. The molecule has 0 aliphatic rings. The maximum Gasteiger partial charge on any atom is 0.425 e. The van der Waals surface area contributed by atoms with Crippen LogP contribution in [0, 0.1) is 0 Å². The standard InChI is InChI=1S/C8H8ClN3O2/c1-5(11-12-8(13)14)6-2-3-10-4-7(6)9/h2-4,12H,1H3,(H,13,14)/b11-5-. The van der Waals surface area contributed by atoms with E-state index < -0.39 is 6.09 Å². The molecule has 14 heavy (non-hydrogen) atoms. The topological polar surface area (TPSA) is 74.6 Å². The lowest BCUT2D eigenvalue weighted by atomic mass is 10.2. The molecule has 0 atom stereocenters. The van der Waals surface area contributed by atoms with E-state index >= 15 is 0 Å². The molecule has 0 aromatic carbocycles. The summed E-state index contributed by atoms with van der Waals surface area (Å²) in [6.45, 7) is 1.65. The van der Waals surface area contributed by atoms with E-state index in [2.05, 4.69) is 10.1 Å². The zero-order valence-corrected chi connectivity index (χ0v) is 8.12. The van der Waals surface area contributed by atoms with Gasteiger partial charge in [0.25, 0.3) is 0 Å². The average molecular weight is 214 g/mol. The quantitative estimate of drug-likeness (QED) is 0.580. The summed E-state index contributed by atoms with van der Waals surface area (Å²) >= 11 is 5.82. The molecule has 0 aliphatic heterocycles. The number of amides is 1. The van der Waals surface area contributed by atoms with E-state index in [-0.39, 0.29) is 0 Å². The number of hydrogen-bond acceptors (Lipinski definition) is 3. The number of aromatic nitrogens is 1. The largest absolute Gasteiger partial charge is 0.464 e. The predicted octanol–water partition coefficient (Wildman–Crippen LogP) is 1.73. The molecule has 0 fully saturated rings. The molecule has 1 rings (SSSR count). The highest BCUT2D eigenvalue weighted by Gasteiger charge is 2.03. The van der Waals surface area contributed by atoms with Gasteiger partial charge in [0.2, 0.25) is 0 Å². The molecule has 1 heterocycles. The Morgan fingerprint density at radius 2 is 2.43 bits per heavy atom. The molecule has 0 radical (unpaired) electrons. The van der Waals surface area contributed by atoms with Gasteiger partial charge in [-0.2, -0.15) is 5.10 Å². The molecule has 0 saturated heterocycles. The summed E-state index contributed by atoms with van der Waals surface area (Å²) in [6.07, 6.45) is 1.81. The molecule has 2 N–H and O–H groups in total. The molecule has 1 aromatic rings. The highest BCUT2D eigenvalue weighted by Crippen LogP contribution is 2.13. The molecule has 1 amide bonds. The van der Waals surface area contributed by atoms with Crippen molar-refractivity contribution < 1.29 is 9.90 Å². The Morgan fingerprint density at radius 3 is 3.00 bits per heavy atom. The van der Waals surface area contributed by atoms with Gasteiger partial charge in [0.1, 0.15) is 0 Å². The first-order valence-electron chi connectivity index (χ1n) is 3.74. The molecule has 0 unspecified atom stereocenters. The van der Waals surface area contributed by atoms with Crippen LogP contribution >= 0.6 is 11.6 Å². The first kappa shape index (κ1) is 10.5. The van der Waals surface area contributed by atoms with E-state index in [9.17, 15) is 4.79 Å². The van der Waals surface area contributed by atoms with Gasteiger partial charge in [-0.25, -0.2) is 10.2 Å². The van der Waals surface area contributed by atoms with Crippen molar-refractivity contribution in [3.8, 4) is 0 Å². The van der Waals surface area contributed by atoms with E-state index in [1.807, 2.05) is 5.43 Å².